The van der Waals surface area contributed by atoms with Gasteiger partial charge in [0.2, 0.25) is 0 Å². The smallest absolute Gasteiger partial charge is 0.308 e. The van der Waals surface area contributed by atoms with Crippen molar-refractivity contribution in [3.8, 4) is 0 Å². The van der Waals surface area contributed by atoms with Crippen molar-refractivity contribution < 1.29 is 4.79 Å². The Labute approximate surface area is 114 Å². The fourth-order valence-corrected chi connectivity index (χ4v) is 1.57. The van der Waals surface area contributed by atoms with E-state index in [1.54, 1.807) is 36.4 Å². The van der Waals surface area contributed by atoms with Crippen LogP contribution >= 0.6 is 23.2 Å². The van der Waals surface area contributed by atoms with Gasteiger partial charge < -0.3 is 5.32 Å². The molecule has 1 aromatic heterocycles. The lowest BCUT2D eigenvalue weighted by Crippen LogP contribution is -2.19. The van der Waals surface area contributed by atoms with E-state index in [9.17, 15) is 4.79 Å². The molecule has 0 saturated carbocycles. The standard InChI is InChI=1S/C12H9Cl2N3O/c13-8-1-3-10(4-2-8)16-12(18)17-11-7-9(14)5-6-15-11/h1-7H,(H2,15,16,17,18). The number of nitrogens with one attached hydrogen (secondary N) is 2. The summed E-state index contributed by atoms with van der Waals surface area (Å²) in [6, 6.07) is 9.57. The minimum absolute atomic E-state index is 0.383. The first-order chi connectivity index (χ1) is 8.63. The van der Waals surface area contributed by atoms with Crippen LogP contribution in [-0.4, -0.2) is 11.0 Å². The molecule has 0 bridgehead atoms. The second kappa shape index (κ2) is 5.71. The highest BCUT2D eigenvalue weighted by atomic mass is 35.5. The van der Waals surface area contributed by atoms with E-state index in [1.807, 2.05) is 0 Å². The van der Waals surface area contributed by atoms with Crippen molar-refractivity contribution in [3.05, 3.63) is 52.6 Å². The lowest BCUT2D eigenvalue weighted by atomic mass is 10.3. The summed E-state index contributed by atoms with van der Waals surface area (Å²) in [6.07, 6.45) is 1.51. The van der Waals surface area contributed by atoms with Gasteiger partial charge in [0.1, 0.15) is 5.82 Å². The summed E-state index contributed by atoms with van der Waals surface area (Å²) in [5.74, 6) is 0.383. The van der Waals surface area contributed by atoms with E-state index in [-0.39, 0.29) is 0 Å². The minimum Gasteiger partial charge on any atom is -0.308 e. The minimum atomic E-state index is -0.396. The Hall–Kier alpha value is -1.78. The van der Waals surface area contributed by atoms with Crippen molar-refractivity contribution in [1.82, 2.24) is 4.98 Å². The van der Waals surface area contributed by atoms with E-state index in [2.05, 4.69) is 15.6 Å². The molecule has 4 nitrogen and oxygen atoms in total. The van der Waals surface area contributed by atoms with Gasteiger partial charge in [-0.15, -0.1) is 0 Å². The van der Waals surface area contributed by atoms with Crippen molar-refractivity contribution in [2.45, 2.75) is 0 Å². The van der Waals surface area contributed by atoms with Crippen molar-refractivity contribution >= 4 is 40.7 Å². The number of hydrogen-bond acceptors (Lipinski definition) is 2. The number of aromatic nitrogens is 1. The summed E-state index contributed by atoms with van der Waals surface area (Å²) in [7, 11) is 0. The number of pyridine rings is 1. The van der Waals surface area contributed by atoms with Gasteiger partial charge in [-0.2, -0.15) is 0 Å². The average molecular weight is 282 g/mol. The molecular formula is C12H9Cl2N3O. The molecule has 2 N–H and O–H groups in total. The SMILES string of the molecule is O=C(Nc1ccc(Cl)cc1)Nc1cc(Cl)ccn1. The number of nitrogens with zero attached hydrogens (tertiary/aromatic N) is 1. The zero-order valence-corrected chi connectivity index (χ0v) is 10.7. The van der Waals surface area contributed by atoms with Gasteiger partial charge in [-0.1, -0.05) is 23.2 Å². The maximum Gasteiger partial charge on any atom is 0.324 e. The zero-order chi connectivity index (χ0) is 13.0. The molecule has 0 aliphatic rings. The van der Waals surface area contributed by atoms with Crippen molar-refractivity contribution in [1.29, 1.82) is 0 Å². The van der Waals surface area contributed by atoms with Crippen LogP contribution in [0.3, 0.4) is 0 Å². The van der Waals surface area contributed by atoms with Crippen molar-refractivity contribution in [2.24, 2.45) is 0 Å². The first kappa shape index (κ1) is 12.7. The van der Waals surface area contributed by atoms with Crippen LogP contribution in [0.25, 0.3) is 0 Å². The predicted molar refractivity (Wildman–Crippen MR) is 73.3 cm³/mol. The van der Waals surface area contributed by atoms with Crippen LogP contribution in [0.2, 0.25) is 10.0 Å². The summed E-state index contributed by atoms with van der Waals surface area (Å²) in [6.45, 7) is 0. The summed E-state index contributed by atoms with van der Waals surface area (Å²) >= 11 is 11.5. The molecule has 0 spiro atoms. The molecule has 2 amide bonds. The van der Waals surface area contributed by atoms with Crippen molar-refractivity contribution in [2.75, 3.05) is 10.6 Å². The molecule has 0 aliphatic carbocycles. The third-order valence-corrected chi connectivity index (χ3v) is 2.55. The monoisotopic (exact) mass is 281 g/mol. The maximum atomic E-state index is 11.6. The molecule has 0 atom stereocenters. The Kier molecular flexibility index (Phi) is 4.02. The second-order valence-corrected chi connectivity index (χ2v) is 4.32. The predicted octanol–water partition coefficient (Wildman–Crippen LogP) is 4.03. The number of carbonyl (C=O) groups is 1. The van der Waals surface area contributed by atoms with Crippen LogP contribution in [0.5, 0.6) is 0 Å². The van der Waals surface area contributed by atoms with Crippen LogP contribution in [0.1, 0.15) is 0 Å². The third-order valence-electron chi connectivity index (χ3n) is 2.07. The quantitative estimate of drug-likeness (QED) is 0.873. The van der Waals surface area contributed by atoms with Crippen LogP contribution in [0.4, 0.5) is 16.3 Å². The van der Waals surface area contributed by atoms with Gasteiger partial charge in [-0.05, 0) is 36.4 Å². The molecule has 0 aliphatic heterocycles. The number of halogens is 2. The molecule has 0 unspecified atom stereocenters. The van der Waals surface area contributed by atoms with Gasteiger partial charge in [0.25, 0.3) is 0 Å². The average Bonchev–Trinajstić information content (AvgIpc) is 2.32. The van der Waals surface area contributed by atoms with E-state index in [0.29, 0.717) is 21.6 Å². The van der Waals surface area contributed by atoms with Gasteiger partial charge in [-0.25, -0.2) is 9.78 Å². The van der Waals surface area contributed by atoms with Gasteiger partial charge in [0.15, 0.2) is 0 Å². The second-order valence-electron chi connectivity index (χ2n) is 3.45. The largest absolute Gasteiger partial charge is 0.324 e. The Morgan fingerprint density at radius 2 is 1.72 bits per heavy atom. The number of hydrogen-bond donors (Lipinski definition) is 2. The summed E-state index contributed by atoms with van der Waals surface area (Å²) in [5.41, 5.74) is 0.638. The molecule has 6 heteroatoms. The van der Waals surface area contributed by atoms with E-state index < -0.39 is 6.03 Å². The molecule has 1 aromatic carbocycles. The Balaban J connectivity index is 1.98. The molecule has 18 heavy (non-hydrogen) atoms. The highest BCUT2D eigenvalue weighted by molar-refractivity contribution is 6.31. The molecule has 2 rings (SSSR count). The summed E-state index contributed by atoms with van der Waals surface area (Å²) in [4.78, 5) is 15.6. The lowest BCUT2D eigenvalue weighted by molar-refractivity contribution is 0.262. The van der Waals surface area contributed by atoms with Crippen LogP contribution in [0, 0.1) is 0 Å². The van der Waals surface area contributed by atoms with E-state index in [0.717, 1.165) is 0 Å². The van der Waals surface area contributed by atoms with Gasteiger partial charge in [0.05, 0.1) is 0 Å². The van der Waals surface area contributed by atoms with Crippen LogP contribution < -0.4 is 10.6 Å². The van der Waals surface area contributed by atoms with Crippen LogP contribution in [0.15, 0.2) is 42.6 Å². The fourth-order valence-electron chi connectivity index (χ4n) is 1.29. The molecule has 0 radical (unpaired) electrons. The summed E-state index contributed by atoms with van der Waals surface area (Å²) in [5, 5.41) is 6.33. The first-order valence-corrected chi connectivity index (χ1v) is 5.84. The van der Waals surface area contributed by atoms with E-state index >= 15 is 0 Å². The maximum absolute atomic E-state index is 11.6. The number of rotatable bonds is 2. The molecule has 0 saturated heterocycles. The Morgan fingerprint density at radius 3 is 2.39 bits per heavy atom. The molecule has 1 heterocycles. The van der Waals surface area contributed by atoms with Crippen LogP contribution in [-0.2, 0) is 0 Å². The first-order valence-electron chi connectivity index (χ1n) is 5.08. The topological polar surface area (TPSA) is 54.0 Å². The highest BCUT2D eigenvalue weighted by Crippen LogP contribution is 2.15. The highest BCUT2D eigenvalue weighted by Gasteiger charge is 2.03. The number of benzene rings is 1. The normalized spacial score (nSPS) is 9.89. The van der Waals surface area contributed by atoms with Gasteiger partial charge in [-0.3, -0.25) is 5.32 Å². The number of urea groups is 1. The number of amides is 2. The summed E-state index contributed by atoms with van der Waals surface area (Å²) < 4.78 is 0. The number of carbonyl (C=O) groups excluding carboxylic acids is 1. The molecular weight excluding hydrogens is 273 g/mol. The number of anilines is 2. The van der Waals surface area contributed by atoms with Gasteiger partial charge in [0, 0.05) is 21.9 Å². The Morgan fingerprint density at radius 1 is 1.00 bits per heavy atom. The lowest BCUT2D eigenvalue weighted by Gasteiger charge is -2.07. The molecule has 2 aromatic rings. The molecule has 0 fully saturated rings. The third kappa shape index (κ3) is 3.61. The Bertz CT molecular complexity index is 558. The van der Waals surface area contributed by atoms with Gasteiger partial charge >= 0.3 is 6.03 Å². The van der Waals surface area contributed by atoms with Crippen molar-refractivity contribution in [3.63, 3.8) is 0 Å². The van der Waals surface area contributed by atoms with E-state index in [4.69, 9.17) is 23.2 Å². The molecule has 92 valence electrons. The van der Waals surface area contributed by atoms with E-state index in [1.165, 1.54) is 6.20 Å². The fraction of sp³-hybridized carbons (Fsp3) is 0. The zero-order valence-electron chi connectivity index (χ0n) is 9.15.